The summed E-state index contributed by atoms with van der Waals surface area (Å²) in [6.45, 7) is 0. The van der Waals surface area contributed by atoms with Crippen molar-refractivity contribution in [3.8, 4) is 0 Å². The highest BCUT2D eigenvalue weighted by atomic mass is 79.9. The minimum absolute atomic E-state index is 0.0376. The summed E-state index contributed by atoms with van der Waals surface area (Å²) in [5.41, 5.74) is 0.330. The number of para-hydroxylation sites is 1. The molecule has 0 aliphatic carbocycles. The fraction of sp³-hybridized carbons (Fsp3) is 0. The molecule has 2 aromatic carbocycles. The van der Waals surface area contributed by atoms with Gasteiger partial charge in [-0.25, -0.2) is 4.79 Å². The highest BCUT2D eigenvalue weighted by Gasteiger charge is 2.17. The standard InChI is InChI=1S/C16H9BrO3/c17-13-7-3-2-6-11(13)15(18)12-9-10-5-1-4-8-14(10)20-16(12)19/h1-9H. The van der Waals surface area contributed by atoms with E-state index in [9.17, 15) is 9.59 Å². The Morgan fingerprint density at radius 1 is 0.950 bits per heavy atom. The van der Waals surface area contributed by atoms with Gasteiger partial charge < -0.3 is 4.42 Å². The molecule has 0 bridgehead atoms. The number of fused-ring (bicyclic) bond motifs is 1. The van der Waals surface area contributed by atoms with Crippen molar-refractivity contribution in [3.63, 3.8) is 0 Å². The number of ketones is 1. The molecule has 4 heteroatoms. The van der Waals surface area contributed by atoms with E-state index in [1.807, 2.05) is 12.1 Å². The summed E-state index contributed by atoms with van der Waals surface area (Å²) in [6.07, 6.45) is 0. The predicted octanol–water partition coefficient (Wildman–Crippen LogP) is 3.79. The van der Waals surface area contributed by atoms with Gasteiger partial charge in [0.2, 0.25) is 5.78 Å². The number of hydrogen-bond acceptors (Lipinski definition) is 3. The van der Waals surface area contributed by atoms with E-state index in [2.05, 4.69) is 15.9 Å². The summed E-state index contributed by atoms with van der Waals surface area (Å²) in [5.74, 6) is -0.350. The van der Waals surface area contributed by atoms with E-state index in [4.69, 9.17) is 4.42 Å². The monoisotopic (exact) mass is 328 g/mol. The molecule has 0 radical (unpaired) electrons. The van der Waals surface area contributed by atoms with E-state index in [1.54, 1.807) is 42.5 Å². The van der Waals surface area contributed by atoms with Crippen molar-refractivity contribution in [2.24, 2.45) is 0 Å². The largest absolute Gasteiger partial charge is 0.422 e. The topological polar surface area (TPSA) is 47.3 Å². The Kier molecular flexibility index (Phi) is 3.24. The van der Waals surface area contributed by atoms with Crippen molar-refractivity contribution in [2.75, 3.05) is 0 Å². The minimum Gasteiger partial charge on any atom is -0.422 e. The van der Waals surface area contributed by atoms with E-state index < -0.39 is 5.63 Å². The third kappa shape index (κ3) is 2.18. The van der Waals surface area contributed by atoms with E-state index >= 15 is 0 Å². The van der Waals surface area contributed by atoms with Crippen LogP contribution in [0.3, 0.4) is 0 Å². The maximum Gasteiger partial charge on any atom is 0.347 e. The van der Waals surface area contributed by atoms with E-state index in [0.717, 1.165) is 5.39 Å². The SMILES string of the molecule is O=C(c1ccccc1Br)c1cc2ccccc2oc1=O. The molecular weight excluding hydrogens is 320 g/mol. The van der Waals surface area contributed by atoms with E-state index in [-0.39, 0.29) is 11.3 Å². The van der Waals surface area contributed by atoms with Gasteiger partial charge in [-0.05, 0) is 24.3 Å². The Morgan fingerprint density at radius 2 is 1.65 bits per heavy atom. The van der Waals surface area contributed by atoms with Crippen molar-refractivity contribution in [1.29, 1.82) is 0 Å². The molecule has 0 aliphatic rings. The van der Waals surface area contributed by atoms with Crippen molar-refractivity contribution in [3.05, 3.63) is 80.6 Å². The van der Waals surface area contributed by atoms with Gasteiger partial charge >= 0.3 is 5.63 Å². The zero-order chi connectivity index (χ0) is 14.1. The normalized spacial score (nSPS) is 10.7. The van der Waals surface area contributed by atoms with Gasteiger partial charge in [0.1, 0.15) is 11.1 Å². The lowest BCUT2D eigenvalue weighted by molar-refractivity contribution is 0.103. The van der Waals surface area contributed by atoms with Gasteiger partial charge in [-0.3, -0.25) is 4.79 Å². The molecule has 1 aromatic heterocycles. The highest BCUT2D eigenvalue weighted by Crippen LogP contribution is 2.20. The van der Waals surface area contributed by atoms with Crippen LogP contribution in [-0.2, 0) is 0 Å². The minimum atomic E-state index is -0.621. The van der Waals surface area contributed by atoms with Gasteiger partial charge in [0.25, 0.3) is 0 Å². The third-order valence-electron chi connectivity index (χ3n) is 3.00. The summed E-state index contributed by atoms with van der Waals surface area (Å²) in [6, 6.07) is 15.7. The molecule has 1 heterocycles. The first-order valence-corrected chi connectivity index (χ1v) is 6.78. The lowest BCUT2D eigenvalue weighted by atomic mass is 10.0. The molecule has 0 aliphatic heterocycles. The number of benzene rings is 2. The summed E-state index contributed by atoms with van der Waals surface area (Å²) >= 11 is 3.31. The van der Waals surface area contributed by atoms with Crippen LogP contribution in [0.2, 0.25) is 0 Å². The van der Waals surface area contributed by atoms with Crippen LogP contribution < -0.4 is 5.63 Å². The molecule has 3 rings (SSSR count). The smallest absolute Gasteiger partial charge is 0.347 e. The highest BCUT2D eigenvalue weighted by molar-refractivity contribution is 9.10. The molecule has 0 amide bonds. The third-order valence-corrected chi connectivity index (χ3v) is 3.70. The molecule has 0 saturated heterocycles. The summed E-state index contributed by atoms with van der Waals surface area (Å²) in [5, 5.41) is 0.725. The molecular formula is C16H9BrO3. The molecule has 20 heavy (non-hydrogen) atoms. The maximum absolute atomic E-state index is 12.4. The number of halogens is 1. The first-order chi connectivity index (χ1) is 9.66. The van der Waals surface area contributed by atoms with Crippen LogP contribution in [-0.4, -0.2) is 5.78 Å². The lowest BCUT2D eigenvalue weighted by Gasteiger charge is -2.03. The summed E-state index contributed by atoms with van der Waals surface area (Å²) in [7, 11) is 0. The van der Waals surface area contributed by atoms with Gasteiger partial charge in [-0.15, -0.1) is 0 Å². The second-order valence-corrected chi connectivity index (χ2v) is 5.15. The zero-order valence-electron chi connectivity index (χ0n) is 10.3. The first-order valence-electron chi connectivity index (χ1n) is 5.99. The quantitative estimate of drug-likeness (QED) is 0.531. The molecule has 0 fully saturated rings. The molecule has 98 valence electrons. The Hall–Kier alpha value is -2.20. The fourth-order valence-electron chi connectivity index (χ4n) is 2.01. The van der Waals surface area contributed by atoms with E-state index in [1.165, 1.54) is 0 Å². The van der Waals surface area contributed by atoms with Crippen LogP contribution in [0, 0.1) is 0 Å². The predicted molar refractivity (Wildman–Crippen MR) is 80.1 cm³/mol. The second-order valence-electron chi connectivity index (χ2n) is 4.29. The number of hydrogen-bond donors (Lipinski definition) is 0. The van der Waals surface area contributed by atoms with Gasteiger partial charge in [0.15, 0.2) is 0 Å². The number of carbonyl (C=O) groups is 1. The maximum atomic E-state index is 12.4. The molecule has 0 spiro atoms. The van der Waals surface area contributed by atoms with Crippen LogP contribution in [0.15, 0.2) is 68.3 Å². The molecule has 0 atom stereocenters. The van der Waals surface area contributed by atoms with Gasteiger partial charge in [-0.2, -0.15) is 0 Å². The number of carbonyl (C=O) groups excluding carboxylic acids is 1. The van der Waals surface area contributed by atoms with Crippen molar-refractivity contribution >= 4 is 32.7 Å². The first kappa shape index (κ1) is 12.8. The fourth-order valence-corrected chi connectivity index (χ4v) is 2.48. The molecule has 0 saturated carbocycles. The van der Waals surface area contributed by atoms with Crippen molar-refractivity contribution in [1.82, 2.24) is 0 Å². The molecule has 0 unspecified atom stereocenters. The van der Waals surface area contributed by atoms with Crippen LogP contribution in [0.5, 0.6) is 0 Å². The van der Waals surface area contributed by atoms with Crippen LogP contribution in [0.25, 0.3) is 11.0 Å². The van der Waals surface area contributed by atoms with E-state index in [0.29, 0.717) is 15.6 Å². The Morgan fingerprint density at radius 3 is 2.45 bits per heavy atom. The Labute approximate surface area is 123 Å². The molecule has 0 N–H and O–H groups in total. The molecule has 3 aromatic rings. The number of rotatable bonds is 2. The average Bonchev–Trinajstić information content (AvgIpc) is 2.46. The molecule has 3 nitrogen and oxygen atoms in total. The van der Waals surface area contributed by atoms with Crippen molar-refractivity contribution < 1.29 is 9.21 Å². The zero-order valence-corrected chi connectivity index (χ0v) is 11.9. The van der Waals surface area contributed by atoms with Gasteiger partial charge in [-0.1, -0.05) is 46.3 Å². The Balaban J connectivity index is 2.20. The van der Waals surface area contributed by atoms with Crippen molar-refractivity contribution in [2.45, 2.75) is 0 Å². The van der Waals surface area contributed by atoms with Gasteiger partial charge in [0, 0.05) is 15.4 Å². The summed E-state index contributed by atoms with van der Waals surface area (Å²) in [4.78, 5) is 24.4. The lowest BCUT2D eigenvalue weighted by Crippen LogP contribution is -2.15. The average molecular weight is 329 g/mol. The van der Waals surface area contributed by atoms with Gasteiger partial charge in [0.05, 0.1) is 0 Å². The van der Waals surface area contributed by atoms with Crippen LogP contribution in [0.4, 0.5) is 0 Å². The second kappa shape index (κ2) is 5.06. The Bertz CT molecular complexity index is 865. The van der Waals surface area contributed by atoms with Crippen LogP contribution >= 0.6 is 15.9 Å². The van der Waals surface area contributed by atoms with Crippen LogP contribution in [0.1, 0.15) is 15.9 Å². The summed E-state index contributed by atoms with van der Waals surface area (Å²) < 4.78 is 5.83.